The zero-order valence-electron chi connectivity index (χ0n) is 19.2. The van der Waals surface area contributed by atoms with Gasteiger partial charge in [0.1, 0.15) is 24.0 Å². The van der Waals surface area contributed by atoms with Crippen LogP contribution in [0, 0.1) is 6.92 Å². The molecule has 0 saturated carbocycles. The van der Waals surface area contributed by atoms with Crippen molar-refractivity contribution in [2.45, 2.75) is 71.7 Å². The number of hydrogen-bond acceptors (Lipinski definition) is 5. The van der Waals surface area contributed by atoms with E-state index in [1.165, 1.54) is 0 Å². The molecule has 1 N–H and O–H groups in total. The average Bonchev–Trinajstić information content (AvgIpc) is 2.93. The molecule has 0 aliphatic carbocycles. The van der Waals surface area contributed by atoms with Crippen molar-refractivity contribution in [3.8, 4) is 5.75 Å². The summed E-state index contributed by atoms with van der Waals surface area (Å²) in [6.45, 7) is 14.4. The lowest BCUT2D eigenvalue weighted by atomic mass is 10.0. The summed E-state index contributed by atoms with van der Waals surface area (Å²) in [5.74, 6) is 2.82. The van der Waals surface area contributed by atoms with Crippen molar-refractivity contribution in [1.29, 1.82) is 0 Å². The zero-order valence-corrected chi connectivity index (χ0v) is 21.6. The van der Waals surface area contributed by atoms with Gasteiger partial charge in [0, 0.05) is 33.1 Å². The van der Waals surface area contributed by atoms with Gasteiger partial charge in [-0.1, -0.05) is 36.7 Å². The maximum absolute atomic E-state index is 12.5. The predicted molar refractivity (Wildman–Crippen MR) is 131 cm³/mol. The lowest BCUT2D eigenvalue weighted by molar-refractivity contribution is 0.331. The fourth-order valence-electron chi connectivity index (χ4n) is 3.74. The molecule has 3 atom stereocenters. The molecule has 170 valence electrons. The Morgan fingerprint density at radius 3 is 2.68 bits per heavy atom. The van der Waals surface area contributed by atoms with E-state index >= 15 is 0 Å². The van der Waals surface area contributed by atoms with E-state index in [1.807, 2.05) is 39.8 Å². The van der Waals surface area contributed by atoms with Crippen LogP contribution < -0.4 is 14.4 Å². The monoisotopic (exact) mass is 508 g/mol. The van der Waals surface area contributed by atoms with Gasteiger partial charge in [0.05, 0.1) is 23.6 Å². The number of hydrogen-bond donors (Lipinski definition) is 1. The Balaban J connectivity index is 1.99. The highest BCUT2D eigenvalue weighted by molar-refractivity contribution is 9.10. The Morgan fingerprint density at radius 1 is 1.26 bits per heavy atom. The minimum atomic E-state index is -1.13. The fourth-order valence-corrected chi connectivity index (χ4v) is 5.13. The SMILES string of the molecule is CC[C@@H](C)S(=O)N[C@@H](C)c1nc(C)c(C(C)C)c(N2CCOc3ccc(Br)cc3C2)n1. The first kappa shape index (κ1) is 24.1. The molecule has 2 aromatic rings. The number of halogens is 1. The average molecular weight is 510 g/mol. The second-order valence-corrected chi connectivity index (χ2v) is 11.0. The molecule has 1 unspecified atom stereocenters. The van der Waals surface area contributed by atoms with Crippen molar-refractivity contribution >= 4 is 32.7 Å². The molecule has 8 heteroatoms. The zero-order chi connectivity index (χ0) is 22.7. The number of fused-ring (bicyclic) bond motifs is 1. The van der Waals surface area contributed by atoms with Crippen LogP contribution >= 0.6 is 15.9 Å². The van der Waals surface area contributed by atoms with Crippen molar-refractivity contribution in [3.05, 3.63) is 45.3 Å². The van der Waals surface area contributed by atoms with E-state index in [2.05, 4.69) is 45.5 Å². The molecule has 6 nitrogen and oxygen atoms in total. The number of aryl methyl sites for hydroxylation is 1. The Morgan fingerprint density at radius 2 is 2.00 bits per heavy atom. The summed E-state index contributed by atoms with van der Waals surface area (Å²) in [7, 11) is -1.13. The number of nitrogens with zero attached hydrogens (tertiary/aromatic N) is 3. The minimum absolute atomic E-state index is 0.0793. The predicted octanol–water partition coefficient (Wildman–Crippen LogP) is 5.18. The third kappa shape index (κ3) is 5.65. The van der Waals surface area contributed by atoms with Crippen LogP contribution in [0.5, 0.6) is 5.75 Å². The molecule has 1 aliphatic rings. The van der Waals surface area contributed by atoms with E-state index in [1.54, 1.807) is 0 Å². The van der Waals surface area contributed by atoms with Gasteiger partial charge in [0.2, 0.25) is 0 Å². The first-order valence-electron chi connectivity index (χ1n) is 10.9. The van der Waals surface area contributed by atoms with Crippen LogP contribution in [-0.2, 0) is 17.5 Å². The Kier molecular flexibility index (Phi) is 8.10. The van der Waals surface area contributed by atoms with Crippen molar-refractivity contribution in [1.82, 2.24) is 14.7 Å². The first-order valence-corrected chi connectivity index (χ1v) is 12.9. The molecule has 31 heavy (non-hydrogen) atoms. The fraction of sp³-hybridized carbons (Fsp3) is 0.565. The highest BCUT2D eigenvalue weighted by Crippen LogP contribution is 2.33. The highest BCUT2D eigenvalue weighted by atomic mass is 79.9. The van der Waals surface area contributed by atoms with E-state index < -0.39 is 11.0 Å². The summed E-state index contributed by atoms with van der Waals surface area (Å²) in [4.78, 5) is 12.1. The van der Waals surface area contributed by atoms with Crippen LogP contribution in [0.1, 0.15) is 75.6 Å². The van der Waals surface area contributed by atoms with Crippen molar-refractivity contribution in [2.24, 2.45) is 0 Å². The molecule has 0 fully saturated rings. The van der Waals surface area contributed by atoms with Gasteiger partial charge in [-0.25, -0.2) is 18.9 Å². The maximum Gasteiger partial charge on any atom is 0.148 e. The van der Waals surface area contributed by atoms with Gasteiger partial charge in [-0.15, -0.1) is 0 Å². The molecule has 0 saturated heterocycles. The topological polar surface area (TPSA) is 67.4 Å². The highest BCUT2D eigenvalue weighted by Gasteiger charge is 2.25. The second kappa shape index (κ2) is 10.4. The van der Waals surface area contributed by atoms with E-state index in [9.17, 15) is 4.21 Å². The first-order chi connectivity index (χ1) is 14.7. The third-order valence-corrected chi connectivity index (χ3v) is 7.78. The molecule has 0 radical (unpaired) electrons. The molecule has 0 amide bonds. The van der Waals surface area contributed by atoms with Gasteiger partial charge < -0.3 is 9.64 Å². The van der Waals surface area contributed by atoms with Gasteiger partial charge in [-0.2, -0.15) is 0 Å². The quantitative estimate of drug-likeness (QED) is 0.557. The number of benzene rings is 1. The van der Waals surface area contributed by atoms with Gasteiger partial charge in [0.15, 0.2) is 0 Å². The van der Waals surface area contributed by atoms with E-state index in [0.717, 1.165) is 45.8 Å². The molecular weight excluding hydrogens is 476 g/mol. The van der Waals surface area contributed by atoms with Crippen LogP contribution in [0.2, 0.25) is 0 Å². The normalized spacial score (nSPS) is 17.0. The molecule has 0 spiro atoms. The van der Waals surface area contributed by atoms with Crippen LogP contribution in [0.3, 0.4) is 0 Å². The summed E-state index contributed by atoms with van der Waals surface area (Å²) < 4.78 is 22.7. The van der Waals surface area contributed by atoms with Gasteiger partial charge >= 0.3 is 0 Å². The van der Waals surface area contributed by atoms with Crippen molar-refractivity contribution in [3.63, 3.8) is 0 Å². The summed E-state index contributed by atoms with van der Waals surface area (Å²) in [6, 6.07) is 5.92. The van der Waals surface area contributed by atoms with Crippen LogP contribution in [0.25, 0.3) is 0 Å². The number of aromatic nitrogens is 2. The van der Waals surface area contributed by atoms with Crippen molar-refractivity contribution < 1.29 is 8.95 Å². The number of anilines is 1. The maximum atomic E-state index is 12.5. The van der Waals surface area contributed by atoms with Crippen LogP contribution in [0.4, 0.5) is 5.82 Å². The smallest absolute Gasteiger partial charge is 0.148 e. The molecule has 1 aromatic heterocycles. The summed E-state index contributed by atoms with van der Waals surface area (Å²) >= 11 is 3.58. The molecule has 1 aliphatic heterocycles. The minimum Gasteiger partial charge on any atom is -0.491 e. The standard InChI is InChI=1S/C23H33BrN4O2S/c1-7-15(4)31(29)27-17(6)22-25-16(5)21(14(2)3)23(26-22)28-10-11-30-20-9-8-19(24)12-18(20)13-28/h8-9,12,14-15,17,27H,7,10-11,13H2,1-6H3/t15-,17+,31?/m1/s1. The molecule has 0 bridgehead atoms. The summed E-state index contributed by atoms with van der Waals surface area (Å²) in [5.41, 5.74) is 3.25. The summed E-state index contributed by atoms with van der Waals surface area (Å²) in [6.07, 6.45) is 0.854. The van der Waals surface area contributed by atoms with Gasteiger partial charge in [-0.3, -0.25) is 0 Å². The largest absolute Gasteiger partial charge is 0.491 e. The molecular formula is C23H33BrN4O2S. The molecule has 1 aromatic carbocycles. The van der Waals surface area contributed by atoms with Gasteiger partial charge in [0.25, 0.3) is 0 Å². The molecule has 3 rings (SSSR count). The lowest BCUT2D eigenvalue weighted by Gasteiger charge is -2.27. The Hall–Kier alpha value is -1.51. The summed E-state index contributed by atoms with van der Waals surface area (Å²) in [5, 5.41) is 0.0793. The van der Waals surface area contributed by atoms with E-state index in [-0.39, 0.29) is 17.2 Å². The van der Waals surface area contributed by atoms with Crippen LogP contribution in [0.15, 0.2) is 22.7 Å². The van der Waals surface area contributed by atoms with E-state index in [0.29, 0.717) is 19.0 Å². The Bertz CT molecular complexity index is 953. The van der Waals surface area contributed by atoms with Crippen LogP contribution in [-0.4, -0.2) is 32.6 Å². The van der Waals surface area contributed by atoms with E-state index in [4.69, 9.17) is 14.7 Å². The number of nitrogens with one attached hydrogen (secondary N) is 1. The van der Waals surface area contributed by atoms with Crippen molar-refractivity contribution in [2.75, 3.05) is 18.1 Å². The number of rotatable bonds is 7. The lowest BCUT2D eigenvalue weighted by Crippen LogP contribution is -2.32. The molecule has 2 heterocycles. The number of ether oxygens (including phenoxy) is 1. The third-order valence-electron chi connectivity index (χ3n) is 5.63. The van der Waals surface area contributed by atoms with Gasteiger partial charge in [-0.05, 0) is 51.3 Å². The second-order valence-electron chi connectivity index (χ2n) is 8.44. The Labute approximate surface area is 196 Å².